The highest BCUT2D eigenvalue weighted by molar-refractivity contribution is 6.10. The van der Waals surface area contributed by atoms with Crippen molar-refractivity contribution in [2.24, 2.45) is 22.6 Å². The Morgan fingerprint density at radius 1 is 0.500 bits per heavy atom. The third kappa shape index (κ3) is 17.2. The zero-order valence-electron chi connectivity index (χ0n) is 48.9. The third-order valence-corrected chi connectivity index (χ3v) is 15.2. The van der Waals surface area contributed by atoms with Crippen LogP contribution in [0.5, 0.6) is 0 Å². The number of likely N-dealkylation sites (tertiary alicyclic amines) is 2. The molecule has 0 aliphatic carbocycles. The largest absolute Gasteiger partial charge is 0.444 e. The van der Waals surface area contributed by atoms with Crippen molar-refractivity contribution in [3.8, 4) is 22.3 Å². The van der Waals surface area contributed by atoms with E-state index in [1.807, 2.05) is 218 Å². The van der Waals surface area contributed by atoms with Crippen molar-refractivity contribution in [3.63, 3.8) is 0 Å². The van der Waals surface area contributed by atoms with Gasteiger partial charge in [-0.25, -0.2) is 9.59 Å². The number of β-lactam (4-membered cyclic amide) rings is 2. The summed E-state index contributed by atoms with van der Waals surface area (Å²) in [5.41, 5.74) is 14.4. The van der Waals surface area contributed by atoms with Gasteiger partial charge in [-0.15, -0.1) is 0 Å². The van der Waals surface area contributed by atoms with Gasteiger partial charge in [-0.3, -0.25) is 44.6 Å². The summed E-state index contributed by atoms with van der Waals surface area (Å²) >= 11 is 0. The smallest absolute Gasteiger partial charge is 0.414 e. The molecule has 0 spiro atoms. The molecule has 88 heavy (non-hydrogen) atoms. The molecule has 4 atom stereocenters. The van der Waals surface area contributed by atoms with Gasteiger partial charge < -0.3 is 20.5 Å². The number of ether oxygens (including phenoxy) is 2. The summed E-state index contributed by atoms with van der Waals surface area (Å²) in [7, 11) is 0. The van der Waals surface area contributed by atoms with Crippen LogP contribution in [-0.2, 0) is 38.7 Å². The molecule has 2 saturated heterocycles. The van der Waals surface area contributed by atoms with Gasteiger partial charge in [-0.1, -0.05) is 225 Å². The molecule has 2 fully saturated rings. The molecule has 446 valence electrons. The number of amides is 6. The Hall–Kier alpha value is -10.7. The van der Waals surface area contributed by atoms with E-state index < -0.39 is 24.1 Å². The maximum atomic E-state index is 13.7. The quantitative estimate of drug-likeness (QED) is 0.0166. The number of hydrogen-bond acceptors (Lipinski definition) is 11. The molecule has 2 heterocycles. The number of nitrogens with one attached hydrogen (secondary N) is 3. The first-order valence-corrected chi connectivity index (χ1v) is 29.5. The van der Waals surface area contributed by atoms with Crippen molar-refractivity contribution < 1.29 is 38.2 Å². The maximum Gasteiger partial charge on any atom is 0.414 e. The van der Waals surface area contributed by atoms with E-state index in [1.165, 1.54) is 15.4 Å². The van der Waals surface area contributed by atoms with Gasteiger partial charge in [0.25, 0.3) is 11.8 Å². The van der Waals surface area contributed by atoms with Crippen LogP contribution < -0.4 is 21.7 Å². The van der Waals surface area contributed by atoms with Gasteiger partial charge >= 0.3 is 12.2 Å². The molecule has 5 N–H and O–H groups in total. The van der Waals surface area contributed by atoms with Crippen LogP contribution in [0.4, 0.5) is 9.59 Å². The molecule has 15 nitrogen and oxygen atoms in total. The van der Waals surface area contributed by atoms with Gasteiger partial charge in [0, 0.05) is 24.2 Å². The Morgan fingerprint density at radius 3 is 1.41 bits per heavy atom. The molecule has 0 saturated carbocycles. The number of aliphatic imine (C=N–C) groups is 1. The number of nitrogens with zero attached hydrogens (tertiary/aromatic N) is 3. The highest BCUT2D eigenvalue weighted by Gasteiger charge is 2.50. The van der Waals surface area contributed by atoms with Gasteiger partial charge in [0.05, 0.1) is 29.7 Å². The standard InChI is InChI=1S/C44H40N4O6.C29H31N3O2/c49-40(37-26-24-36(25-27-37)35-20-11-4-12-21-35)48-39(28-23-32-14-5-1-6-15-32)38(41(48)50)22-13-29-45-42(46-43(51)53-30-33-16-7-2-8-17-33)47-44(52)54-31-34-18-9-3-10-19-34;1-21(30)31-20-8-13-26-27(19-14-22-9-4-2-5-10-22)32(29(26)34)28(33)25-17-15-24(16-18-25)23-11-6-3-7-12-23/h1-12,14-21,23-28,38-39H,13,22,29-31H2,(H2,45,46,47,51,52);2-7,9-12,15-18,26-27,31H,1,8,13-14,19-20,30H2/t38-,39-;26-,27-/m11/s1. The predicted octanol–water partition coefficient (Wildman–Crippen LogP) is 12.8. The fraction of sp³-hybridized carbons (Fsp3) is 0.192. The van der Waals surface area contributed by atoms with Crippen molar-refractivity contribution in [1.29, 1.82) is 0 Å². The molecule has 0 radical (unpaired) electrons. The summed E-state index contributed by atoms with van der Waals surface area (Å²) in [6.07, 6.45) is 6.10. The Kier molecular flexibility index (Phi) is 22.1. The highest BCUT2D eigenvalue weighted by Crippen LogP contribution is 2.37. The molecular weight excluding hydrogens is 1100 g/mol. The number of alkyl carbamates (subject to hydrolysis) is 2. The fourth-order valence-corrected chi connectivity index (χ4v) is 10.6. The van der Waals surface area contributed by atoms with Crippen LogP contribution in [0.1, 0.15) is 75.1 Å². The molecule has 0 aromatic heterocycles. The lowest BCUT2D eigenvalue weighted by Crippen LogP contribution is -2.63. The highest BCUT2D eigenvalue weighted by atomic mass is 16.6. The van der Waals surface area contributed by atoms with Gasteiger partial charge in [-0.05, 0) is 107 Å². The molecule has 0 unspecified atom stereocenters. The third-order valence-electron chi connectivity index (χ3n) is 15.2. The molecule has 8 aromatic rings. The van der Waals surface area contributed by atoms with Crippen molar-refractivity contribution in [3.05, 3.63) is 282 Å². The normalized spacial score (nSPS) is 15.7. The summed E-state index contributed by atoms with van der Waals surface area (Å²) < 4.78 is 10.6. The number of carbonyl (C=O) groups is 6. The summed E-state index contributed by atoms with van der Waals surface area (Å²) in [5, 5.41) is 7.98. The molecule has 6 amide bonds. The van der Waals surface area contributed by atoms with E-state index in [1.54, 1.807) is 12.1 Å². The number of imide groups is 2. The molecule has 8 aromatic carbocycles. The van der Waals surface area contributed by atoms with Crippen LogP contribution in [0.25, 0.3) is 28.3 Å². The molecule has 0 bridgehead atoms. The van der Waals surface area contributed by atoms with Crippen LogP contribution in [0.3, 0.4) is 0 Å². The lowest BCUT2D eigenvalue weighted by molar-refractivity contribution is -0.151. The number of guanidine groups is 1. The fourth-order valence-electron chi connectivity index (χ4n) is 10.6. The van der Waals surface area contributed by atoms with E-state index in [2.05, 4.69) is 39.7 Å². The van der Waals surface area contributed by atoms with Crippen LogP contribution >= 0.6 is 0 Å². The Bertz CT molecular complexity index is 3610. The zero-order chi connectivity index (χ0) is 61.5. The monoisotopic (exact) mass is 1170 g/mol. The molecular formula is C73H71N7O8. The average Bonchev–Trinajstić information content (AvgIpc) is 1.16. The van der Waals surface area contributed by atoms with Crippen molar-refractivity contribution in [2.45, 2.75) is 63.8 Å². The van der Waals surface area contributed by atoms with E-state index in [0.717, 1.165) is 64.6 Å². The summed E-state index contributed by atoms with van der Waals surface area (Å²) in [6.45, 7) is 4.50. The number of carbonyl (C=O) groups excluding carboxylic acids is 6. The summed E-state index contributed by atoms with van der Waals surface area (Å²) in [6, 6.07) is 72.3. The van der Waals surface area contributed by atoms with Crippen molar-refractivity contribution in [2.75, 3.05) is 13.1 Å². The average molecular weight is 1170 g/mol. The van der Waals surface area contributed by atoms with Crippen molar-refractivity contribution >= 4 is 47.9 Å². The van der Waals surface area contributed by atoms with Crippen LogP contribution in [0.15, 0.2) is 254 Å². The minimum absolute atomic E-state index is 0.0203. The number of aryl methyl sites for hydroxylation is 1. The van der Waals surface area contributed by atoms with E-state index >= 15 is 0 Å². The first kappa shape index (κ1) is 61.9. The van der Waals surface area contributed by atoms with Gasteiger partial charge in [-0.2, -0.15) is 0 Å². The lowest BCUT2D eigenvalue weighted by Gasteiger charge is -2.46. The predicted molar refractivity (Wildman–Crippen MR) is 343 cm³/mol. The molecule has 2 aliphatic rings. The van der Waals surface area contributed by atoms with E-state index in [0.29, 0.717) is 36.3 Å². The number of nitrogens with two attached hydrogens (primary N) is 1. The van der Waals surface area contributed by atoms with Gasteiger partial charge in [0.2, 0.25) is 17.8 Å². The maximum absolute atomic E-state index is 13.7. The van der Waals surface area contributed by atoms with Crippen LogP contribution in [0.2, 0.25) is 0 Å². The molecule has 15 heteroatoms. The Labute approximate surface area is 513 Å². The van der Waals surface area contributed by atoms with Gasteiger partial charge in [0.15, 0.2) is 0 Å². The van der Waals surface area contributed by atoms with Gasteiger partial charge in [0.1, 0.15) is 13.2 Å². The second kappa shape index (κ2) is 31.5. The molecule has 10 rings (SSSR count). The molecule has 2 aliphatic heterocycles. The SMILES string of the molecule is C=C(N)NCCC[C@H]1C(=O)N(C(=O)c2ccc(-c3ccccc3)cc2)[C@@H]1CCc1ccccc1.O=C(NC(=NCCC[C@H]1C(=O)N(C(=O)c2ccc(-c3ccccc3)cc2)[C@@H]1C=Cc1ccccc1)NC(=O)OCc1ccccc1)OCc1ccccc1. The Morgan fingerprint density at radius 2 is 0.920 bits per heavy atom. The number of hydrogen-bond donors (Lipinski definition) is 4. The first-order valence-electron chi connectivity index (χ1n) is 29.5. The van der Waals surface area contributed by atoms with E-state index in [4.69, 9.17) is 15.2 Å². The van der Waals surface area contributed by atoms with E-state index in [9.17, 15) is 28.8 Å². The van der Waals surface area contributed by atoms with Crippen LogP contribution in [0, 0.1) is 11.8 Å². The number of rotatable bonds is 22. The van der Waals surface area contributed by atoms with E-state index in [-0.39, 0.29) is 61.3 Å². The van der Waals surface area contributed by atoms with Crippen molar-refractivity contribution in [1.82, 2.24) is 25.8 Å². The summed E-state index contributed by atoms with van der Waals surface area (Å²) in [4.78, 5) is 86.2. The Balaban J connectivity index is 0.000000232. The lowest BCUT2D eigenvalue weighted by atomic mass is 9.80. The number of benzene rings is 8. The second-order valence-electron chi connectivity index (χ2n) is 21.3. The topological polar surface area (TPSA) is 202 Å². The van der Waals surface area contributed by atoms with Crippen LogP contribution in [-0.4, -0.2) is 76.7 Å². The minimum atomic E-state index is -0.813. The zero-order valence-corrected chi connectivity index (χ0v) is 48.9. The first-order chi connectivity index (χ1) is 43.0. The minimum Gasteiger partial charge on any atom is -0.444 e. The summed E-state index contributed by atoms with van der Waals surface area (Å²) in [5.74, 6) is -1.28. The second-order valence-corrected chi connectivity index (χ2v) is 21.3.